The molecule has 15 heteroatoms. The first-order chi connectivity index (χ1) is 31.1. The van der Waals surface area contributed by atoms with Crippen LogP contribution in [0.5, 0.6) is 0 Å². The lowest BCUT2D eigenvalue weighted by molar-refractivity contribution is -0.138. The largest absolute Gasteiger partial charge is 0.416 e. The zero-order valence-corrected chi connectivity index (χ0v) is 34.2. The van der Waals surface area contributed by atoms with Crippen LogP contribution in [0.2, 0.25) is 0 Å². The number of rotatable bonds is 6. The third-order valence-corrected chi connectivity index (χ3v) is 10.7. The fraction of sp³-hybridized carbons (Fsp3) is 0.100. The third kappa shape index (κ3) is 7.87. The molecule has 0 fully saturated rings. The summed E-state index contributed by atoms with van der Waals surface area (Å²) in [5, 5.41) is 0. The second-order valence-corrected chi connectivity index (χ2v) is 14.7. The van der Waals surface area contributed by atoms with Crippen molar-refractivity contribution in [3.63, 3.8) is 0 Å². The predicted octanol–water partition coefficient (Wildman–Crippen LogP) is 14.8. The molecule has 0 unspecified atom stereocenters. The molecule has 0 saturated carbocycles. The minimum atomic E-state index is -4.68. The highest BCUT2D eigenvalue weighted by Gasteiger charge is 2.33. The van der Waals surface area contributed by atoms with Gasteiger partial charge in [0.25, 0.3) is 0 Å². The fourth-order valence-corrected chi connectivity index (χ4v) is 7.92. The quantitative estimate of drug-likeness (QED) is 0.156. The number of para-hydroxylation sites is 6. The second-order valence-electron chi connectivity index (χ2n) is 14.7. The molecule has 0 spiro atoms. The van der Waals surface area contributed by atoms with Gasteiger partial charge in [0, 0.05) is 33.8 Å². The minimum Gasteiger partial charge on any atom is -0.292 e. The van der Waals surface area contributed by atoms with Crippen LogP contribution in [0.15, 0.2) is 164 Å². The number of imidazole rings is 3. The molecule has 0 radical (unpaired) electrons. The Bertz CT molecular complexity index is 3020. The number of halogens is 9. The molecule has 3 aromatic heterocycles. The van der Waals surface area contributed by atoms with E-state index >= 15 is 0 Å². The molecule has 6 nitrogen and oxygen atoms in total. The monoisotopic (exact) mass is 888 g/mol. The van der Waals surface area contributed by atoms with Crippen molar-refractivity contribution in [2.45, 2.75) is 32.4 Å². The number of hydrogen-bond acceptors (Lipinski definition) is 3. The van der Waals surface area contributed by atoms with Crippen LogP contribution in [0.25, 0.3) is 84.3 Å². The van der Waals surface area contributed by atoms with Crippen LogP contribution >= 0.6 is 0 Å². The highest BCUT2D eigenvalue weighted by Crippen LogP contribution is 2.41. The summed E-state index contributed by atoms with van der Waals surface area (Å²) >= 11 is 0. The van der Waals surface area contributed by atoms with Gasteiger partial charge >= 0.3 is 18.5 Å². The van der Waals surface area contributed by atoms with Gasteiger partial charge in [0.2, 0.25) is 0 Å². The van der Waals surface area contributed by atoms with Crippen molar-refractivity contribution in [3.05, 3.63) is 180 Å². The SMILES string of the molecule is CC.FC(F)(F)c1cccc(-n2c(-c3cc(-c4nc5ccccc5n4-c4cccc(C(F)(F)F)c4)cc(-c4nc5ccccc5n4-c4cccc(C(F)(F)F)c4)c3)nc3ccccc32)c1. The van der Waals surface area contributed by atoms with E-state index in [9.17, 15) is 39.5 Å². The Balaban J connectivity index is 0.00000263. The average Bonchev–Trinajstić information content (AvgIpc) is 4.01. The standard InChI is InChI=1S/C48H27F9N6.C2H6/c49-46(50,51)31-10-7-13-34(25-31)61-40-19-4-1-16-37(40)58-43(61)28-22-29(44-59-38-17-2-5-20-41(38)62(44)35-14-8-11-32(26-35)47(52,53)54)24-30(23-28)45-60-39-18-3-6-21-42(39)63(45)36-15-9-12-33(27-36)48(55,56)57;1-2/h1-27H;1-2H3. The van der Waals surface area contributed by atoms with Crippen molar-refractivity contribution >= 4 is 33.1 Å². The normalized spacial score (nSPS) is 12.2. The van der Waals surface area contributed by atoms with Gasteiger partial charge in [0.05, 0.1) is 49.8 Å². The molecule has 3 heterocycles. The first-order valence-corrected chi connectivity index (χ1v) is 20.2. The molecule has 0 aliphatic rings. The Morgan fingerprint density at radius 3 is 0.846 bits per heavy atom. The van der Waals surface area contributed by atoms with Crippen LogP contribution in [0.4, 0.5) is 39.5 Å². The van der Waals surface area contributed by atoms with Gasteiger partial charge in [-0.05, 0) is 109 Å². The van der Waals surface area contributed by atoms with Crippen molar-refractivity contribution in [2.24, 2.45) is 0 Å². The number of benzene rings is 7. The van der Waals surface area contributed by atoms with Gasteiger partial charge in [-0.15, -0.1) is 0 Å². The lowest BCUT2D eigenvalue weighted by Gasteiger charge is -2.17. The van der Waals surface area contributed by atoms with Crippen molar-refractivity contribution in [2.75, 3.05) is 0 Å². The van der Waals surface area contributed by atoms with Crippen molar-refractivity contribution in [3.8, 4) is 51.2 Å². The summed E-state index contributed by atoms with van der Waals surface area (Å²) in [7, 11) is 0. The van der Waals surface area contributed by atoms with E-state index in [0.29, 0.717) is 49.8 Å². The highest BCUT2D eigenvalue weighted by molar-refractivity contribution is 5.90. The molecule has 10 aromatic rings. The molecule has 10 rings (SSSR count). The van der Waals surface area contributed by atoms with E-state index in [1.807, 2.05) is 13.8 Å². The predicted molar refractivity (Wildman–Crippen MR) is 233 cm³/mol. The van der Waals surface area contributed by atoms with Gasteiger partial charge in [0.15, 0.2) is 0 Å². The van der Waals surface area contributed by atoms with Crippen LogP contribution in [0, 0.1) is 0 Å². The molecule has 7 aromatic carbocycles. The van der Waals surface area contributed by atoms with Gasteiger partial charge < -0.3 is 0 Å². The fourth-order valence-electron chi connectivity index (χ4n) is 7.92. The summed E-state index contributed by atoms with van der Waals surface area (Å²) in [4.78, 5) is 14.8. The molecular weight excluding hydrogens is 856 g/mol. The Kier molecular flexibility index (Phi) is 10.6. The topological polar surface area (TPSA) is 53.5 Å². The van der Waals surface area contributed by atoms with E-state index < -0.39 is 35.2 Å². The summed E-state index contributed by atoms with van der Waals surface area (Å²) in [6.07, 6.45) is -14.0. The molecule has 0 atom stereocenters. The van der Waals surface area contributed by atoms with E-state index in [-0.39, 0.29) is 34.5 Å². The Hall–Kier alpha value is -7.68. The van der Waals surface area contributed by atoms with Crippen molar-refractivity contribution < 1.29 is 39.5 Å². The Morgan fingerprint density at radius 2 is 0.585 bits per heavy atom. The van der Waals surface area contributed by atoms with E-state index in [1.54, 1.807) is 105 Å². The molecule has 326 valence electrons. The summed E-state index contributed by atoms with van der Waals surface area (Å²) in [5.41, 5.74) is 1.35. The van der Waals surface area contributed by atoms with E-state index in [2.05, 4.69) is 0 Å². The number of alkyl halides is 9. The van der Waals surface area contributed by atoms with E-state index in [4.69, 9.17) is 15.0 Å². The molecule has 0 amide bonds. The third-order valence-electron chi connectivity index (χ3n) is 10.7. The van der Waals surface area contributed by atoms with Crippen LogP contribution in [0.1, 0.15) is 30.5 Å². The zero-order chi connectivity index (χ0) is 45.8. The van der Waals surface area contributed by atoms with Crippen LogP contribution in [-0.2, 0) is 18.5 Å². The van der Waals surface area contributed by atoms with Gasteiger partial charge in [-0.3, -0.25) is 13.7 Å². The molecule has 0 bridgehead atoms. The minimum absolute atomic E-state index is 0.132. The molecular formula is C50H33F9N6. The van der Waals surface area contributed by atoms with Crippen LogP contribution in [-0.4, -0.2) is 28.7 Å². The number of hydrogen-bond donors (Lipinski definition) is 0. The lowest BCUT2D eigenvalue weighted by Crippen LogP contribution is -2.07. The van der Waals surface area contributed by atoms with Crippen LogP contribution < -0.4 is 0 Å². The summed E-state index contributed by atoms with van der Waals surface area (Å²) in [6.45, 7) is 4.00. The van der Waals surface area contributed by atoms with E-state index in [1.165, 1.54) is 36.4 Å². The summed E-state index contributed by atoms with van der Waals surface area (Å²) in [5.74, 6) is 0.547. The molecule has 65 heavy (non-hydrogen) atoms. The Morgan fingerprint density at radius 1 is 0.323 bits per heavy atom. The lowest BCUT2D eigenvalue weighted by atomic mass is 10.0. The van der Waals surface area contributed by atoms with Crippen LogP contribution in [0.3, 0.4) is 0 Å². The average molecular weight is 889 g/mol. The van der Waals surface area contributed by atoms with Crippen molar-refractivity contribution in [1.29, 1.82) is 0 Å². The first-order valence-electron chi connectivity index (χ1n) is 20.2. The smallest absolute Gasteiger partial charge is 0.292 e. The highest BCUT2D eigenvalue weighted by atomic mass is 19.4. The van der Waals surface area contributed by atoms with Gasteiger partial charge in [-0.2, -0.15) is 39.5 Å². The summed E-state index contributed by atoms with van der Waals surface area (Å²) < 4.78 is 132. The van der Waals surface area contributed by atoms with E-state index in [0.717, 1.165) is 36.4 Å². The van der Waals surface area contributed by atoms with Crippen molar-refractivity contribution in [1.82, 2.24) is 28.7 Å². The molecule has 0 N–H and O–H groups in total. The first kappa shape index (κ1) is 42.6. The maximum absolute atomic E-state index is 14.2. The van der Waals surface area contributed by atoms with Gasteiger partial charge in [-0.25, -0.2) is 15.0 Å². The number of aromatic nitrogens is 6. The molecule has 0 aliphatic heterocycles. The van der Waals surface area contributed by atoms with Gasteiger partial charge in [0.1, 0.15) is 17.5 Å². The second kappa shape index (κ2) is 16.1. The summed E-state index contributed by atoms with van der Waals surface area (Å²) in [6, 6.07) is 39.9. The Labute approximate surface area is 364 Å². The maximum atomic E-state index is 14.2. The molecule has 0 aliphatic carbocycles. The number of fused-ring (bicyclic) bond motifs is 3. The zero-order valence-electron chi connectivity index (χ0n) is 34.2. The molecule has 0 saturated heterocycles. The van der Waals surface area contributed by atoms with Gasteiger partial charge in [-0.1, -0.05) is 68.4 Å². The number of nitrogens with zero attached hydrogens (tertiary/aromatic N) is 6. The maximum Gasteiger partial charge on any atom is 0.416 e.